The van der Waals surface area contributed by atoms with Gasteiger partial charge < -0.3 is 9.64 Å². The number of benzene rings is 1. The highest BCUT2D eigenvalue weighted by atomic mass is 79.9. The van der Waals surface area contributed by atoms with Crippen molar-refractivity contribution in [1.82, 2.24) is 15.0 Å². The van der Waals surface area contributed by atoms with E-state index < -0.39 is 0 Å². The Hall–Kier alpha value is -1.92. The molecule has 0 saturated carbocycles. The third-order valence-electron chi connectivity index (χ3n) is 4.04. The van der Waals surface area contributed by atoms with Crippen molar-refractivity contribution in [2.24, 2.45) is 0 Å². The van der Waals surface area contributed by atoms with Crippen molar-refractivity contribution >= 4 is 44.4 Å². The van der Waals surface area contributed by atoms with Crippen LogP contribution in [0.25, 0.3) is 22.0 Å². The SMILES string of the molecule is CCN(CC)c1ncc2c(-c3cncc(Cl)c3)cc(Br)c(OC)c2n1. The van der Waals surface area contributed by atoms with E-state index in [4.69, 9.17) is 21.3 Å². The summed E-state index contributed by atoms with van der Waals surface area (Å²) in [4.78, 5) is 15.6. The number of hydrogen-bond acceptors (Lipinski definition) is 5. The second-order valence-corrected chi connectivity index (χ2v) is 6.73. The zero-order valence-corrected chi connectivity index (χ0v) is 16.6. The van der Waals surface area contributed by atoms with Gasteiger partial charge in [0.05, 0.1) is 16.6 Å². The standard InChI is InChI=1S/C18H18BrClN4O/c1-4-24(5-2)18-22-10-14-13(11-6-12(20)9-21-8-11)7-15(19)17(25-3)16(14)23-18/h6-10H,4-5H2,1-3H3. The van der Waals surface area contributed by atoms with Gasteiger partial charge in [0.15, 0.2) is 5.75 Å². The molecule has 0 saturated heterocycles. The molecule has 2 heterocycles. The third-order valence-corrected chi connectivity index (χ3v) is 4.83. The summed E-state index contributed by atoms with van der Waals surface area (Å²) in [5.74, 6) is 1.37. The number of ether oxygens (including phenoxy) is 1. The molecule has 0 radical (unpaired) electrons. The summed E-state index contributed by atoms with van der Waals surface area (Å²) in [5, 5.41) is 1.47. The van der Waals surface area contributed by atoms with Crippen LogP contribution in [0.2, 0.25) is 5.02 Å². The summed E-state index contributed by atoms with van der Waals surface area (Å²) in [5.41, 5.74) is 2.60. The quantitative estimate of drug-likeness (QED) is 0.582. The summed E-state index contributed by atoms with van der Waals surface area (Å²) in [6.07, 6.45) is 5.22. The molecule has 3 aromatic rings. The Morgan fingerprint density at radius 3 is 2.56 bits per heavy atom. The fourth-order valence-corrected chi connectivity index (χ4v) is 3.53. The fourth-order valence-electron chi connectivity index (χ4n) is 2.78. The number of rotatable bonds is 5. The zero-order valence-electron chi connectivity index (χ0n) is 14.3. The highest BCUT2D eigenvalue weighted by Crippen LogP contribution is 2.39. The summed E-state index contributed by atoms with van der Waals surface area (Å²) in [7, 11) is 1.64. The van der Waals surface area contributed by atoms with E-state index in [1.807, 2.05) is 18.3 Å². The summed E-state index contributed by atoms with van der Waals surface area (Å²) in [6.45, 7) is 5.84. The lowest BCUT2D eigenvalue weighted by atomic mass is 10.0. The van der Waals surface area contributed by atoms with Gasteiger partial charge in [-0.1, -0.05) is 11.6 Å². The average Bonchev–Trinajstić information content (AvgIpc) is 2.62. The first-order valence-corrected chi connectivity index (χ1v) is 9.15. The number of hydrogen-bond donors (Lipinski definition) is 0. The van der Waals surface area contributed by atoms with Crippen LogP contribution in [-0.2, 0) is 0 Å². The average molecular weight is 422 g/mol. The fraction of sp³-hybridized carbons (Fsp3) is 0.278. The van der Waals surface area contributed by atoms with Gasteiger partial charge in [-0.05, 0) is 47.5 Å². The van der Waals surface area contributed by atoms with Crippen molar-refractivity contribution in [2.75, 3.05) is 25.1 Å². The van der Waals surface area contributed by atoms with E-state index in [0.717, 1.165) is 39.6 Å². The minimum Gasteiger partial charge on any atom is -0.493 e. The lowest BCUT2D eigenvalue weighted by Gasteiger charge is -2.20. The van der Waals surface area contributed by atoms with Gasteiger partial charge in [-0.3, -0.25) is 4.98 Å². The van der Waals surface area contributed by atoms with E-state index >= 15 is 0 Å². The Bertz CT molecular complexity index is 915. The molecule has 0 N–H and O–H groups in total. The van der Waals surface area contributed by atoms with Crippen LogP contribution in [0.5, 0.6) is 5.75 Å². The van der Waals surface area contributed by atoms with Crippen molar-refractivity contribution in [2.45, 2.75) is 13.8 Å². The summed E-state index contributed by atoms with van der Waals surface area (Å²) >= 11 is 9.70. The number of pyridine rings is 1. The number of aromatic nitrogens is 3. The van der Waals surface area contributed by atoms with Crippen LogP contribution in [0.15, 0.2) is 35.2 Å². The minimum atomic E-state index is 0.582. The minimum absolute atomic E-state index is 0.582. The highest BCUT2D eigenvalue weighted by Gasteiger charge is 2.17. The van der Waals surface area contributed by atoms with Gasteiger partial charge in [-0.15, -0.1) is 0 Å². The van der Waals surface area contributed by atoms with Gasteiger partial charge in [-0.2, -0.15) is 0 Å². The Labute approximate surface area is 160 Å². The van der Waals surface area contributed by atoms with Crippen molar-refractivity contribution in [3.8, 4) is 16.9 Å². The molecule has 5 nitrogen and oxygen atoms in total. The third kappa shape index (κ3) is 3.41. The van der Waals surface area contributed by atoms with E-state index in [-0.39, 0.29) is 0 Å². The second-order valence-electron chi connectivity index (χ2n) is 5.44. The smallest absolute Gasteiger partial charge is 0.225 e. The summed E-state index contributed by atoms with van der Waals surface area (Å²) < 4.78 is 6.40. The lowest BCUT2D eigenvalue weighted by Crippen LogP contribution is -2.24. The second kappa shape index (κ2) is 7.54. The first-order valence-electron chi connectivity index (χ1n) is 7.98. The van der Waals surface area contributed by atoms with E-state index in [0.29, 0.717) is 16.7 Å². The van der Waals surface area contributed by atoms with E-state index in [1.165, 1.54) is 0 Å². The molecule has 1 aromatic carbocycles. The van der Waals surface area contributed by atoms with Gasteiger partial charge >= 0.3 is 0 Å². The van der Waals surface area contributed by atoms with Crippen LogP contribution < -0.4 is 9.64 Å². The Morgan fingerprint density at radius 2 is 1.92 bits per heavy atom. The number of nitrogens with zero attached hydrogens (tertiary/aromatic N) is 4. The van der Waals surface area contributed by atoms with Crippen molar-refractivity contribution in [3.05, 3.63) is 40.2 Å². The molecule has 0 fully saturated rings. The maximum atomic E-state index is 6.11. The van der Waals surface area contributed by atoms with Gasteiger partial charge in [-0.25, -0.2) is 9.97 Å². The van der Waals surface area contributed by atoms with Gasteiger partial charge in [0.25, 0.3) is 0 Å². The van der Waals surface area contributed by atoms with E-state index in [1.54, 1.807) is 19.5 Å². The van der Waals surface area contributed by atoms with Crippen LogP contribution >= 0.6 is 27.5 Å². The molecular weight excluding hydrogens is 404 g/mol. The Kier molecular flexibility index (Phi) is 5.39. The van der Waals surface area contributed by atoms with Crippen LogP contribution in [0, 0.1) is 0 Å². The molecule has 0 aliphatic heterocycles. The topological polar surface area (TPSA) is 51.1 Å². The highest BCUT2D eigenvalue weighted by molar-refractivity contribution is 9.10. The van der Waals surface area contributed by atoms with E-state index in [9.17, 15) is 0 Å². The summed E-state index contributed by atoms with van der Waals surface area (Å²) in [6, 6.07) is 3.86. The molecule has 3 rings (SSSR count). The van der Waals surface area contributed by atoms with Gasteiger partial charge in [0.1, 0.15) is 5.52 Å². The monoisotopic (exact) mass is 420 g/mol. The molecule has 130 valence electrons. The Balaban J connectivity index is 2.30. The molecule has 0 atom stereocenters. The van der Waals surface area contributed by atoms with Crippen molar-refractivity contribution in [3.63, 3.8) is 0 Å². The van der Waals surface area contributed by atoms with E-state index in [2.05, 4.69) is 44.6 Å². The predicted octanol–water partition coefficient (Wildman–Crippen LogP) is 4.96. The molecular formula is C18H18BrClN4O. The molecule has 0 bridgehead atoms. The molecule has 7 heteroatoms. The van der Waals surface area contributed by atoms with Crippen molar-refractivity contribution in [1.29, 1.82) is 0 Å². The Morgan fingerprint density at radius 1 is 1.16 bits per heavy atom. The van der Waals surface area contributed by atoms with Crippen LogP contribution in [0.4, 0.5) is 5.95 Å². The maximum Gasteiger partial charge on any atom is 0.225 e. The molecule has 2 aromatic heterocycles. The maximum absolute atomic E-state index is 6.11. The molecule has 25 heavy (non-hydrogen) atoms. The van der Waals surface area contributed by atoms with Gasteiger partial charge in [0.2, 0.25) is 5.95 Å². The molecule has 0 aliphatic rings. The van der Waals surface area contributed by atoms with Crippen LogP contribution in [-0.4, -0.2) is 35.2 Å². The van der Waals surface area contributed by atoms with Crippen molar-refractivity contribution < 1.29 is 4.74 Å². The first-order chi connectivity index (χ1) is 12.1. The first kappa shape index (κ1) is 17.9. The van der Waals surface area contributed by atoms with Gasteiger partial charge in [0, 0.05) is 42.6 Å². The molecule has 0 amide bonds. The lowest BCUT2D eigenvalue weighted by molar-refractivity contribution is 0.416. The number of methoxy groups -OCH3 is 1. The predicted molar refractivity (Wildman–Crippen MR) is 106 cm³/mol. The normalized spacial score (nSPS) is 10.9. The number of anilines is 1. The molecule has 0 unspecified atom stereocenters. The largest absolute Gasteiger partial charge is 0.493 e. The number of fused-ring (bicyclic) bond motifs is 1. The van der Waals surface area contributed by atoms with Crippen LogP contribution in [0.1, 0.15) is 13.8 Å². The molecule has 0 spiro atoms. The number of halogens is 2. The van der Waals surface area contributed by atoms with Crippen LogP contribution in [0.3, 0.4) is 0 Å². The molecule has 0 aliphatic carbocycles. The zero-order chi connectivity index (χ0) is 18.0.